The first-order chi connectivity index (χ1) is 10.1. The number of nitrogens with one attached hydrogen (secondary N) is 1. The zero-order valence-electron chi connectivity index (χ0n) is 10.9. The van der Waals surface area contributed by atoms with E-state index in [4.69, 9.17) is 10.5 Å². The molecule has 5 nitrogen and oxygen atoms in total. The van der Waals surface area contributed by atoms with Crippen molar-refractivity contribution < 1.29 is 13.5 Å². The van der Waals surface area contributed by atoms with Crippen LogP contribution in [-0.4, -0.2) is 22.3 Å². The van der Waals surface area contributed by atoms with E-state index in [9.17, 15) is 8.78 Å². The third-order valence-corrected chi connectivity index (χ3v) is 3.75. The van der Waals surface area contributed by atoms with Gasteiger partial charge in [0.1, 0.15) is 17.5 Å². The zero-order chi connectivity index (χ0) is 15.0. The Hall–Kier alpha value is -2.35. The predicted octanol–water partition coefficient (Wildman–Crippen LogP) is 2.98. The molecule has 0 amide bonds. The number of nitrogens with two attached hydrogens (primary N) is 1. The number of fused-ring (bicyclic) bond motifs is 1. The zero-order valence-corrected chi connectivity index (χ0v) is 11.7. The highest BCUT2D eigenvalue weighted by Crippen LogP contribution is 2.37. The number of nitrogens with zero attached hydrogens (tertiary/aromatic N) is 2. The molecule has 2 heterocycles. The van der Waals surface area contributed by atoms with Crippen molar-refractivity contribution in [1.29, 1.82) is 0 Å². The Balaban J connectivity index is 2.07. The molecule has 21 heavy (non-hydrogen) atoms. The van der Waals surface area contributed by atoms with Gasteiger partial charge in [0.25, 0.3) is 0 Å². The van der Waals surface area contributed by atoms with E-state index in [-0.39, 0.29) is 0 Å². The third kappa shape index (κ3) is 2.62. The number of rotatable bonds is 3. The van der Waals surface area contributed by atoms with Crippen molar-refractivity contribution in [2.24, 2.45) is 0 Å². The van der Waals surface area contributed by atoms with Crippen LogP contribution in [0.25, 0.3) is 11.0 Å². The lowest BCUT2D eigenvalue weighted by atomic mass is 10.3. The first-order valence-electron chi connectivity index (χ1n) is 5.89. The van der Waals surface area contributed by atoms with Gasteiger partial charge in [0.15, 0.2) is 5.65 Å². The summed E-state index contributed by atoms with van der Waals surface area (Å²) >= 11 is 1.13. The highest BCUT2D eigenvalue weighted by molar-refractivity contribution is 7.99. The summed E-state index contributed by atoms with van der Waals surface area (Å²) in [6.45, 7) is 0. The SMILES string of the molecule is COc1nc2n[nH]c(N)c2cc1Sc1cc(F)cc(F)c1. The molecule has 0 aliphatic rings. The molecule has 0 unspecified atom stereocenters. The lowest BCUT2D eigenvalue weighted by molar-refractivity contribution is 0.389. The summed E-state index contributed by atoms with van der Waals surface area (Å²) in [7, 11) is 1.46. The molecule has 0 fully saturated rings. The molecule has 3 N–H and O–H groups in total. The van der Waals surface area contributed by atoms with Crippen LogP contribution in [0, 0.1) is 11.6 Å². The number of hydrogen-bond donors (Lipinski definition) is 2. The smallest absolute Gasteiger partial charge is 0.229 e. The number of nitrogen functional groups attached to an aromatic ring is 1. The number of halogens is 2. The minimum atomic E-state index is -0.645. The molecule has 1 aromatic carbocycles. The minimum Gasteiger partial charge on any atom is -0.480 e. The fourth-order valence-corrected chi connectivity index (χ4v) is 2.85. The Labute approximate surface area is 122 Å². The number of methoxy groups -OCH3 is 1. The van der Waals surface area contributed by atoms with Crippen molar-refractivity contribution in [3.8, 4) is 5.88 Å². The van der Waals surface area contributed by atoms with Crippen LogP contribution in [0.1, 0.15) is 0 Å². The largest absolute Gasteiger partial charge is 0.480 e. The molecule has 108 valence electrons. The summed E-state index contributed by atoms with van der Waals surface area (Å²) in [5.41, 5.74) is 6.17. The lowest BCUT2D eigenvalue weighted by Crippen LogP contribution is -1.92. The molecule has 0 atom stereocenters. The number of aromatic nitrogens is 3. The first-order valence-corrected chi connectivity index (χ1v) is 6.71. The van der Waals surface area contributed by atoms with Crippen LogP contribution in [0.3, 0.4) is 0 Å². The van der Waals surface area contributed by atoms with E-state index in [0.717, 1.165) is 17.8 Å². The molecular formula is C13H10F2N4OS. The quantitative estimate of drug-likeness (QED) is 0.778. The molecule has 0 aliphatic carbocycles. The summed E-state index contributed by atoms with van der Waals surface area (Å²) in [5.74, 6) is -0.613. The maximum atomic E-state index is 13.2. The van der Waals surface area contributed by atoms with Crippen LogP contribution in [0.2, 0.25) is 0 Å². The molecule has 3 rings (SSSR count). The van der Waals surface area contributed by atoms with Crippen LogP contribution >= 0.6 is 11.8 Å². The van der Waals surface area contributed by atoms with E-state index in [1.807, 2.05) is 0 Å². The van der Waals surface area contributed by atoms with Crippen molar-refractivity contribution in [3.05, 3.63) is 35.9 Å². The van der Waals surface area contributed by atoms with Gasteiger partial charge in [-0.05, 0) is 18.2 Å². The number of hydrogen-bond acceptors (Lipinski definition) is 5. The highest BCUT2D eigenvalue weighted by atomic mass is 32.2. The maximum Gasteiger partial charge on any atom is 0.229 e. The van der Waals surface area contributed by atoms with Gasteiger partial charge in [0.05, 0.1) is 17.4 Å². The van der Waals surface area contributed by atoms with Gasteiger partial charge in [-0.25, -0.2) is 8.78 Å². The summed E-state index contributed by atoms with van der Waals surface area (Å²) in [4.78, 5) is 5.19. The monoisotopic (exact) mass is 308 g/mol. The van der Waals surface area contributed by atoms with Crippen molar-refractivity contribution in [2.75, 3.05) is 12.8 Å². The van der Waals surface area contributed by atoms with Crippen LogP contribution in [-0.2, 0) is 0 Å². The Bertz CT molecular complexity index is 801. The number of aromatic amines is 1. The average Bonchev–Trinajstić information content (AvgIpc) is 2.78. The molecule has 0 radical (unpaired) electrons. The normalized spacial score (nSPS) is 11.0. The second-order valence-corrected chi connectivity index (χ2v) is 5.33. The van der Waals surface area contributed by atoms with E-state index < -0.39 is 11.6 Å². The van der Waals surface area contributed by atoms with E-state index >= 15 is 0 Å². The van der Waals surface area contributed by atoms with Crippen LogP contribution < -0.4 is 10.5 Å². The molecule has 2 aromatic heterocycles. The van der Waals surface area contributed by atoms with Crippen LogP contribution in [0.4, 0.5) is 14.6 Å². The molecule has 0 saturated heterocycles. The predicted molar refractivity (Wildman–Crippen MR) is 75.3 cm³/mol. The van der Waals surface area contributed by atoms with Crippen LogP contribution in [0.5, 0.6) is 5.88 Å². The summed E-state index contributed by atoms with van der Waals surface area (Å²) in [6, 6.07) is 5.00. The Morgan fingerprint density at radius 3 is 2.57 bits per heavy atom. The van der Waals surface area contributed by atoms with E-state index in [2.05, 4.69) is 15.2 Å². The summed E-state index contributed by atoms with van der Waals surface area (Å²) in [5, 5.41) is 7.17. The van der Waals surface area contributed by atoms with E-state index in [0.29, 0.717) is 32.5 Å². The fourth-order valence-electron chi connectivity index (χ4n) is 1.86. The molecule has 0 bridgehead atoms. The van der Waals surface area contributed by atoms with Gasteiger partial charge in [-0.2, -0.15) is 10.1 Å². The molecule has 8 heteroatoms. The van der Waals surface area contributed by atoms with Crippen LogP contribution in [0.15, 0.2) is 34.1 Å². The lowest BCUT2D eigenvalue weighted by Gasteiger charge is -2.07. The van der Waals surface area contributed by atoms with E-state index in [1.165, 1.54) is 19.2 Å². The first kappa shape index (κ1) is 13.6. The van der Waals surface area contributed by atoms with Gasteiger partial charge in [0.2, 0.25) is 5.88 Å². The fraction of sp³-hybridized carbons (Fsp3) is 0.0769. The molecule has 0 aliphatic heterocycles. The van der Waals surface area contributed by atoms with Gasteiger partial charge in [-0.3, -0.25) is 5.10 Å². The second-order valence-electron chi connectivity index (χ2n) is 4.21. The molecular weight excluding hydrogens is 298 g/mol. The Kier molecular flexibility index (Phi) is 3.38. The topological polar surface area (TPSA) is 76.8 Å². The van der Waals surface area contributed by atoms with Crippen molar-refractivity contribution in [1.82, 2.24) is 15.2 Å². The van der Waals surface area contributed by atoms with E-state index in [1.54, 1.807) is 6.07 Å². The average molecular weight is 308 g/mol. The van der Waals surface area contributed by atoms with Crippen molar-refractivity contribution in [2.45, 2.75) is 9.79 Å². The second kappa shape index (κ2) is 5.21. The number of benzene rings is 1. The van der Waals surface area contributed by atoms with Gasteiger partial charge in [-0.15, -0.1) is 0 Å². The maximum absolute atomic E-state index is 13.2. The molecule has 3 aromatic rings. The number of anilines is 1. The van der Waals surface area contributed by atoms with Gasteiger partial charge >= 0.3 is 0 Å². The van der Waals surface area contributed by atoms with Gasteiger partial charge in [-0.1, -0.05) is 11.8 Å². The Morgan fingerprint density at radius 2 is 1.90 bits per heavy atom. The molecule has 0 spiro atoms. The minimum absolute atomic E-state index is 0.309. The van der Waals surface area contributed by atoms with Gasteiger partial charge in [0, 0.05) is 11.0 Å². The van der Waals surface area contributed by atoms with Gasteiger partial charge < -0.3 is 10.5 Å². The molecule has 0 saturated carbocycles. The third-order valence-electron chi connectivity index (χ3n) is 2.76. The summed E-state index contributed by atoms with van der Waals surface area (Å²) < 4.78 is 31.7. The van der Waals surface area contributed by atoms with Crippen molar-refractivity contribution >= 4 is 28.6 Å². The van der Waals surface area contributed by atoms with Crippen molar-refractivity contribution in [3.63, 3.8) is 0 Å². The number of ether oxygens (including phenoxy) is 1. The Morgan fingerprint density at radius 1 is 1.19 bits per heavy atom. The highest BCUT2D eigenvalue weighted by Gasteiger charge is 2.13. The number of H-pyrrole nitrogens is 1. The summed E-state index contributed by atoms with van der Waals surface area (Å²) in [6.07, 6.45) is 0. The standard InChI is InChI=1S/C13H10F2N4OS/c1-20-13-10(5-9-11(16)18-19-12(9)17-13)21-8-3-6(14)2-7(15)4-8/h2-5H,1H3,(H3,16,17,18,19). The number of pyridine rings is 1.